The first kappa shape index (κ1) is 21.9. The molecule has 0 bridgehead atoms. The van der Waals surface area contributed by atoms with E-state index in [-0.39, 0.29) is 12.5 Å². The van der Waals surface area contributed by atoms with Crippen molar-refractivity contribution in [2.45, 2.75) is 47.0 Å². The summed E-state index contributed by atoms with van der Waals surface area (Å²) in [5, 5.41) is 21.9. The molecule has 1 aromatic carbocycles. The maximum Gasteiger partial charge on any atom is 0.475 e. The molecule has 1 aromatic rings. The Morgan fingerprint density at radius 3 is 2.42 bits per heavy atom. The molecule has 1 rings (SSSR count). The number of carbonyl (C=O) groups excluding carboxylic acids is 2. The Bertz CT molecular complexity index is 670. The van der Waals surface area contributed by atoms with Gasteiger partial charge < -0.3 is 20.3 Å². The number of aryl methyl sites for hydroxylation is 2. The quantitative estimate of drug-likeness (QED) is 0.479. The van der Waals surface area contributed by atoms with Gasteiger partial charge in [-0.3, -0.25) is 9.59 Å². The Balaban J connectivity index is 2.78. The molecule has 0 radical (unpaired) electrons. The van der Waals surface area contributed by atoms with Gasteiger partial charge in [0.1, 0.15) is 0 Å². The van der Waals surface area contributed by atoms with Gasteiger partial charge in [-0.05, 0) is 52.2 Å². The number of allylic oxidation sites excluding steroid dienone is 1. The van der Waals surface area contributed by atoms with E-state index in [1.807, 2.05) is 45.9 Å². The third-order valence-electron chi connectivity index (χ3n) is 4.08. The van der Waals surface area contributed by atoms with E-state index in [4.69, 9.17) is 0 Å². The van der Waals surface area contributed by atoms with Gasteiger partial charge in [0.2, 0.25) is 11.8 Å². The van der Waals surface area contributed by atoms with Crippen LogP contribution in [0.25, 0.3) is 0 Å². The summed E-state index contributed by atoms with van der Waals surface area (Å²) in [6.07, 6.45) is 1.77. The highest BCUT2D eigenvalue weighted by molar-refractivity contribution is 6.43. The predicted molar refractivity (Wildman–Crippen MR) is 103 cm³/mol. The standard InChI is InChI=1S/C19H29BN2O4/c1-6-22(19(24)9-13(2)3)12-18(23)21-17(20(25)26)11-16-8-7-14(4)10-15(16)5/h7-10,17,25-26H,6,11-12H2,1-5H3,(H,21,23)/t17-/m0/s1. The van der Waals surface area contributed by atoms with E-state index >= 15 is 0 Å². The van der Waals surface area contributed by atoms with Crippen LogP contribution < -0.4 is 5.32 Å². The molecule has 142 valence electrons. The highest BCUT2D eigenvalue weighted by Crippen LogP contribution is 2.13. The normalized spacial score (nSPS) is 11.5. The lowest BCUT2D eigenvalue weighted by molar-refractivity contribution is -0.132. The Hall–Kier alpha value is -2.12. The van der Waals surface area contributed by atoms with E-state index < -0.39 is 19.0 Å². The number of benzene rings is 1. The molecule has 0 aliphatic carbocycles. The van der Waals surface area contributed by atoms with Crippen LogP contribution in [0.4, 0.5) is 0 Å². The summed E-state index contributed by atoms with van der Waals surface area (Å²) < 4.78 is 0. The number of hydrogen-bond acceptors (Lipinski definition) is 4. The summed E-state index contributed by atoms with van der Waals surface area (Å²) in [6, 6.07) is 5.87. The van der Waals surface area contributed by atoms with Crippen LogP contribution in [0.3, 0.4) is 0 Å². The number of likely N-dealkylation sites (N-methyl/N-ethyl adjacent to an activating group) is 1. The summed E-state index contributed by atoms with van der Waals surface area (Å²) in [7, 11) is -1.69. The van der Waals surface area contributed by atoms with Crippen LogP contribution in [0, 0.1) is 13.8 Å². The first-order valence-corrected chi connectivity index (χ1v) is 8.79. The van der Waals surface area contributed by atoms with Crippen molar-refractivity contribution in [3.05, 3.63) is 46.5 Å². The molecule has 0 spiro atoms. The van der Waals surface area contributed by atoms with Crippen LogP contribution in [0.5, 0.6) is 0 Å². The molecule has 6 nitrogen and oxygen atoms in total. The van der Waals surface area contributed by atoms with Crippen molar-refractivity contribution in [2.24, 2.45) is 0 Å². The lowest BCUT2D eigenvalue weighted by Crippen LogP contribution is -2.51. The van der Waals surface area contributed by atoms with E-state index in [0.29, 0.717) is 13.0 Å². The topological polar surface area (TPSA) is 89.9 Å². The van der Waals surface area contributed by atoms with E-state index in [2.05, 4.69) is 5.32 Å². The molecular formula is C19H29BN2O4. The van der Waals surface area contributed by atoms with Crippen molar-refractivity contribution in [2.75, 3.05) is 13.1 Å². The fourth-order valence-corrected chi connectivity index (χ4v) is 2.65. The van der Waals surface area contributed by atoms with Gasteiger partial charge in [0.25, 0.3) is 0 Å². The lowest BCUT2D eigenvalue weighted by Gasteiger charge is -2.23. The molecule has 0 heterocycles. The number of amides is 2. The fourth-order valence-electron chi connectivity index (χ4n) is 2.65. The molecule has 2 amide bonds. The molecule has 0 aromatic heterocycles. The maximum atomic E-state index is 12.3. The summed E-state index contributed by atoms with van der Waals surface area (Å²) in [5.74, 6) is -1.51. The highest BCUT2D eigenvalue weighted by Gasteiger charge is 2.27. The molecule has 0 unspecified atom stereocenters. The minimum absolute atomic E-state index is 0.130. The number of carbonyl (C=O) groups is 2. The predicted octanol–water partition coefficient (Wildman–Crippen LogP) is 1.16. The molecule has 0 aliphatic rings. The number of hydrogen-bond donors (Lipinski definition) is 3. The second-order valence-corrected chi connectivity index (χ2v) is 6.80. The number of nitrogens with one attached hydrogen (secondary N) is 1. The monoisotopic (exact) mass is 360 g/mol. The molecule has 1 atom stereocenters. The van der Waals surface area contributed by atoms with Crippen LogP contribution in [-0.4, -0.2) is 52.9 Å². The third-order valence-corrected chi connectivity index (χ3v) is 4.08. The number of nitrogens with zero attached hydrogens (tertiary/aromatic N) is 1. The van der Waals surface area contributed by atoms with Crippen molar-refractivity contribution in [1.29, 1.82) is 0 Å². The average Bonchev–Trinajstić information content (AvgIpc) is 2.53. The van der Waals surface area contributed by atoms with E-state index in [9.17, 15) is 19.6 Å². The van der Waals surface area contributed by atoms with E-state index in [0.717, 1.165) is 22.3 Å². The van der Waals surface area contributed by atoms with Crippen LogP contribution in [0.2, 0.25) is 0 Å². The molecule has 0 aliphatic heterocycles. The Morgan fingerprint density at radius 2 is 1.92 bits per heavy atom. The molecule has 0 saturated carbocycles. The Labute approximate surface area is 156 Å². The van der Waals surface area contributed by atoms with E-state index in [1.165, 1.54) is 11.0 Å². The van der Waals surface area contributed by atoms with Gasteiger partial charge in [-0.1, -0.05) is 29.3 Å². The SMILES string of the molecule is CCN(CC(=O)N[C@@H](Cc1ccc(C)cc1C)B(O)O)C(=O)C=C(C)C. The minimum Gasteiger partial charge on any atom is -0.426 e. The lowest BCUT2D eigenvalue weighted by atomic mass is 9.75. The second kappa shape index (κ2) is 10.1. The minimum atomic E-state index is -1.69. The Kier molecular flexibility index (Phi) is 8.55. The summed E-state index contributed by atoms with van der Waals surface area (Å²) in [4.78, 5) is 25.8. The van der Waals surface area contributed by atoms with Gasteiger partial charge in [0.05, 0.1) is 12.5 Å². The molecule has 7 heteroatoms. The smallest absolute Gasteiger partial charge is 0.426 e. The van der Waals surface area contributed by atoms with Gasteiger partial charge in [0.15, 0.2) is 0 Å². The van der Waals surface area contributed by atoms with Crippen molar-refractivity contribution in [3.8, 4) is 0 Å². The van der Waals surface area contributed by atoms with Gasteiger partial charge in [-0.25, -0.2) is 0 Å². The van der Waals surface area contributed by atoms with Crippen LogP contribution in [0.1, 0.15) is 37.5 Å². The third kappa shape index (κ3) is 7.02. The van der Waals surface area contributed by atoms with Gasteiger partial charge in [-0.15, -0.1) is 0 Å². The molecule has 0 fully saturated rings. The van der Waals surface area contributed by atoms with Crippen molar-refractivity contribution in [1.82, 2.24) is 10.2 Å². The van der Waals surface area contributed by atoms with Crippen molar-refractivity contribution < 1.29 is 19.6 Å². The highest BCUT2D eigenvalue weighted by atomic mass is 16.4. The first-order valence-electron chi connectivity index (χ1n) is 8.79. The zero-order valence-corrected chi connectivity index (χ0v) is 16.2. The van der Waals surface area contributed by atoms with Crippen LogP contribution in [-0.2, 0) is 16.0 Å². The average molecular weight is 360 g/mol. The van der Waals surface area contributed by atoms with Crippen LogP contribution in [0.15, 0.2) is 29.8 Å². The van der Waals surface area contributed by atoms with Gasteiger partial charge >= 0.3 is 7.12 Å². The first-order chi connectivity index (χ1) is 12.1. The molecular weight excluding hydrogens is 331 g/mol. The number of rotatable bonds is 8. The maximum absolute atomic E-state index is 12.3. The molecule has 0 saturated heterocycles. The summed E-state index contributed by atoms with van der Waals surface area (Å²) in [6.45, 7) is 9.61. The van der Waals surface area contributed by atoms with Crippen LogP contribution >= 0.6 is 0 Å². The largest absolute Gasteiger partial charge is 0.475 e. The zero-order valence-electron chi connectivity index (χ0n) is 16.2. The van der Waals surface area contributed by atoms with Crippen molar-refractivity contribution in [3.63, 3.8) is 0 Å². The second-order valence-electron chi connectivity index (χ2n) is 6.80. The van der Waals surface area contributed by atoms with E-state index in [1.54, 1.807) is 6.92 Å². The van der Waals surface area contributed by atoms with Crippen molar-refractivity contribution >= 4 is 18.9 Å². The molecule has 26 heavy (non-hydrogen) atoms. The molecule has 3 N–H and O–H groups in total. The Morgan fingerprint density at radius 1 is 1.27 bits per heavy atom. The zero-order chi connectivity index (χ0) is 19.9. The van der Waals surface area contributed by atoms with Gasteiger partial charge in [-0.2, -0.15) is 0 Å². The summed E-state index contributed by atoms with van der Waals surface area (Å²) in [5.41, 5.74) is 3.93. The fraction of sp³-hybridized carbons (Fsp3) is 0.474. The summed E-state index contributed by atoms with van der Waals surface area (Å²) >= 11 is 0. The van der Waals surface area contributed by atoms with Gasteiger partial charge in [0, 0.05) is 12.6 Å².